The van der Waals surface area contributed by atoms with E-state index in [2.05, 4.69) is 19.3 Å². The lowest BCUT2D eigenvalue weighted by Gasteiger charge is -2.29. The summed E-state index contributed by atoms with van der Waals surface area (Å²) < 4.78 is 38.0. The molecule has 98 valence electrons. The highest BCUT2D eigenvalue weighted by Gasteiger charge is 2.41. The normalized spacial score (nSPS) is 14.8. The van der Waals surface area contributed by atoms with Crippen LogP contribution in [0.2, 0.25) is 0 Å². The maximum absolute atomic E-state index is 12.7. The molecule has 0 bridgehead atoms. The fraction of sp³-hybridized carbons (Fsp3) is 1.00. The summed E-state index contributed by atoms with van der Waals surface area (Å²) in [5.41, 5.74) is 2.53. The molecule has 0 aromatic carbocycles. The Bertz CT molecular complexity index is 181. The Balaban J connectivity index is 4.04. The Morgan fingerprint density at radius 1 is 1.12 bits per heavy atom. The minimum Gasteiger partial charge on any atom is -0.258 e. The maximum atomic E-state index is 12.7. The summed E-state index contributed by atoms with van der Waals surface area (Å²) in [6, 6.07) is -1.38. The standard InChI is InChI=1S/C11H23F3N2/c1-9(2)7-5-6-8-10(11(12,13)14)16(4)15-3/h9-10,15H,5-8H2,1-4H3. The van der Waals surface area contributed by atoms with Crippen molar-refractivity contribution in [1.82, 2.24) is 10.4 Å². The summed E-state index contributed by atoms with van der Waals surface area (Å²) in [5, 5.41) is 1.13. The lowest BCUT2D eigenvalue weighted by Crippen LogP contribution is -2.48. The van der Waals surface area contributed by atoms with Crippen LogP contribution in [-0.2, 0) is 0 Å². The first-order valence-electron chi connectivity index (χ1n) is 5.76. The zero-order chi connectivity index (χ0) is 12.8. The van der Waals surface area contributed by atoms with Crippen LogP contribution in [0.15, 0.2) is 0 Å². The van der Waals surface area contributed by atoms with Crippen molar-refractivity contribution in [2.75, 3.05) is 14.1 Å². The highest BCUT2D eigenvalue weighted by atomic mass is 19.4. The summed E-state index contributed by atoms with van der Waals surface area (Å²) in [4.78, 5) is 0. The molecule has 0 aliphatic heterocycles. The van der Waals surface area contributed by atoms with Gasteiger partial charge in [0.15, 0.2) is 0 Å². The average Bonchev–Trinajstić information content (AvgIpc) is 2.14. The molecule has 0 amide bonds. The molecule has 1 unspecified atom stereocenters. The first-order chi connectivity index (χ1) is 7.29. The molecule has 1 N–H and O–H groups in total. The minimum atomic E-state index is -4.16. The number of alkyl halides is 3. The highest BCUT2D eigenvalue weighted by Crippen LogP contribution is 2.27. The number of hydrogen-bond acceptors (Lipinski definition) is 2. The van der Waals surface area contributed by atoms with Gasteiger partial charge in [-0.2, -0.15) is 13.2 Å². The van der Waals surface area contributed by atoms with Crippen molar-refractivity contribution >= 4 is 0 Å². The van der Waals surface area contributed by atoms with Crippen LogP contribution in [0.1, 0.15) is 39.5 Å². The smallest absolute Gasteiger partial charge is 0.258 e. The lowest BCUT2D eigenvalue weighted by molar-refractivity contribution is -0.188. The van der Waals surface area contributed by atoms with Crippen molar-refractivity contribution in [2.24, 2.45) is 5.92 Å². The van der Waals surface area contributed by atoms with Gasteiger partial charge in [-0.3, -0.25) is 5.43 Å². The van der Waals surface area contributed by atoms with Crippen LogP contribution < -0.4 is 5.43 Å². The summed E-state index contributed by atoms with van der Waals surface area (Å²) >= 11 is 0. The van der Waals surface area contributed by atoms with E-state index in [1.807, 2.05) is 0 Å². The van der Waals surface area contributed by atoms with E-state index in [1.54, 1.807) is 0 Å². The molecule has 0 aromatic rings. The van der Waals surface area contributed by atoms with Crippen LogP contribution >= 0.6 is 0 Å². The number of hydrogen-bond donors (Lipinski definition) is 1. The average molecular weight is 240 g/mol. The monoisotopic (exact) mass is 240 g/mol. The van der Waals surface area contributed by atoms with Crippen molar-refractivity contribution in [2.45, 2.75) is 51.7 Å². The van der Waals surface area contributed by atoms with Crippen molar-refractivity contribution in [3.8, 4) is 0 Å². The Morgan fingerprint density at radius 3 is 2.00 bits per heavy atom. The van der Waals surface area contributed by atoms with Gasteiger partial charge < -0.3 is 0 Å². The Kier molecular flexibility index (Phi) is 6.99. The van der Waals surface area contributed by atoms with Gasteiger partial charge in [0.1, 0.15) is 6.04 Å². The highest BCUT2D eigenvalue weighted by molar-refractivity contribution is 4.74. The Morgan fingerprint density at radius 2 is 1.62 bits per heavy atom. The van der Waals surface area contributed by atoms with Crippen molar-refractivity contribution < 1.29 is 13.2 Å². The van der Waals surface area contributed by atoms with Gasteiger partial charge in [0.2, 0.25) is 0 Å². The van der Waals surface area contributed by atoms with Crippen LogP contribution in [0.4, 0.5) is 13.2 Å². The molecule has 0 saturated carbocycles. The van der Waals surface area contributed by atoms with E-state index < -0.39 is 12.2 Å². The second kappa shape index (κ2) is 7.12. The van der Waals surface area contributed by atoms with E-state index in [0.29, 0.717) is 12.3 Å². The van der Waals surface area contributed by atoms with E-state index in [-0.39, 0.29) is 6.42 Å². The van der Waals surface area contributed by atoms with Gasteiger partial charge in [-0.1, -0.05) is 33.1 Å². The van der Waals surface area contributed by atoms with Gasteiger partial charge in [-0.25, -0.2) is 5.01 Å². The van der Waals surface area contributed by atoms with Gasteiger partial charge >= 0.3 is 6.18 Å². The molecule has 0 heterocycles. The summed E-state index contributed by atoms with van der Waals surface area (Å²) in [6.45, 7) is 4.17. The zero-order valence-electron chi connectivity index (χ0n) is 10.6. The zero-order valence-corrected chi connectivity index (χ0v) is 10.6. The first kappa shape index (κ1) is 15.7. The van der Waals surface area contributed by atoms with E-state index in [9.17, 15) is 13.2 Å². The quantitative estimate of drug-likeness (QED) is 0.543. The minimum absolute atomic E-state index is 0.160. The molecule has 0 aliphatic rings. The molecule has 0 rings (SSSR count). The molecule has 0 spiro atoms. The number of unbranched alkanes of at least 4 members (excludes halogenated alkanes) is 1. The van der Waals surface area contributed by atoms with Crippen LogP contribution in [0.3, 0.4) is 0 Å². The van der Waals surface area contributed by atoms with E-state index >= 15 is 0 Å². The molecule has 0 radical (unpaired) electrons. The predicted octanol–water partition coefficient (Wildman–Crippen LogP) is 3.20. The Labute approximate surface area is 96.2 Å². The molecule has 16 heavy (non-hydrogen) atoms. The number of hydrazine groups is 1. The van der Waals surface area contributed by atoms with E-state index in [0.717, 1.165) is 17.9 Å². The Hall–Kier alpha value is -0.290. The summed E-state index contributed by atoms with van der Waals surface area (Å²) in [7, 11) is 2.94. The third-order valence-corrected chi connectivity index (χ3v) is 2.71. The largest absolute Gasteiger partial charge is 0.405 e. The molecular formula is C11H23F3N2. The van der Waals surface area contributed by atoms with Crippen molar-refractivity contribution in [3.63, 3.8) is 0 Å². The van der Waals surface area contributed by atoms with Gasteiger partial charge in [0, 0.05) is 7.05 Å². The summed E-state index contributed by atoms with van der Waals surface area (Å²) in [6.07, 6.45) is -1.52. The third-order valence-electron chi connectivity index (χ3n) is 2.71. The molecule has 0 saturated heterocycles. The maximum Gasteiger partial charge on any atom is 0.405 e. The van der Waals surface area contributed by atoms with E-state index in [4.69, 9.17) is 0 Å². The van der Waals surface area contributed by atoms with Crippen LogP contribution in [0.5, 0.6) is 0 Å². The van der Waals surface area contributed by atoms with Gasteiger partial charge in [0.05, 0.1) is 0 Å². The number of nitrogens with zero attached hydrogens (tertiary/aromatic N) is 1. The first-order valence-corrected chi connectivity index (χ1v) is 5.76. The topological polar surface area (TPSA) is 15.3 Å². The molecule has 2 nitrogen and oxygen atoms in total. The van der Waals surface area contributed by atoms with Gasteiger partial charge in [-0.05, 0) is 19.4 Å². The molecule has 5 heteroatoms. The number of halogens is 3. The fourth-order valence-electron chi connectivity index (χ4n) is 1.62. The second-order valence-electron chi connectivity index (χ2n) is 4.57. The fourth-order valence-corrected chi connectivity index (χ4v) is 1.62. The van der Waals surface area contributed by atoms with Crippen molar-refractivity contribution in [3.05, 3.63) is 0 Å². The molecule has 0 fully saturated rings. The number of nitrogens with one attached hydrogen (secondary N) is 1. The summed E-state index contributed by atoms with van der Waals surface area (Å²) in [5.74, 6) is 0.561. The van der Waals surface area contributed by atoms with E-state index in [1.165, 1.54) is 14.1 Å². The molecular weight excluding hydrogens is 217 g/mol. The molecule has 0 aromatic heterocycles. The predicted molar refractivity (Wildman–Crippen MR) is 60.0 cm³/mol. The van der Waals surface area contributed by atoms with Crippen LogP contribution in [0, 0.1) is 5.92 Å². The lowest BCUT2D eigenvalue weighted by atomic mass is 10.0. The SMILES string of the molecule is CNN(C)C(CCCCC(C)C)C(F)(F)F. The van der Waals surface area contributed by atoms with Crippen molar-refractivity contribution in [1.29, 1.82) is 0 Å². The van der Waals surface area contributed by atoms with Gasteiger partial charge in [0.25, 0.3) is 0 Å². The number of rotatable bonds is 7. The second-order valence-corrected chi connectivity index (χ2v) is 4.57. The third kappa shape index (κ3) is 6.33. The van der Waals surface area contributed by atoms with Crippen LogP contribution in [0.25, 0.3) is 0 Å². The van der Waals surface area contributed by atoms with Gasteiger partial charge in [-0.15, -0.1) is 0 Å². The molecule has 1 atom stereocenters. The molecule has 0 aliphatic carbocycles. The van der Waals surface area contributed by atoms with Crippen LogP contribution in [-0.4, -0.2) is 31.3 Å².